The van der Waals surface area contributed by atoms with Crippen molar-refractivity contribution in [3.05, 3.63) is 53.6 Å². The van der Waals surface area contributed by atoms with Crippen molar-refractivity contribution in [3.8, 4) is 16.8 Å². The zero-order chi connectivity index (χ0) is 22.7. The number of fused-ring (bicyclic) bond motifs is 4. The number of thiazole rings is 1. The monoisotopic (exact) mass is 458 g/mol. The highest BCUT2D eigenvalue weighted by molar-refractivity contribution is 7.19. The fourth-order valence-electron chi connectivity index (χ4n) is 5.25. The normalized spacial score (nSPS) is 19.3. The molecule has 1 fully saturated rings. The standard InChI is InChI=1S/C25H26N6OS/c1-25(2)12-20-22(23-27-6-7-31(23)25)33-24(28-20)30-8-9-32-15-18(30)11-17-14-29(3)21-5-4-16(13-26)10-19(17)21/h4-7,10,14,18H,8-9,11-12,15H2,1-3H3/t18-/m0/s1. The van der Waals surface area contributed by atoms with E-state index in [1.54, 1.807) is 11.3 Å². The summed E-state index contributed by atoms with van der Waals surface area (Å²) < 4.78 is 10.3. The summed E-state index contributed by atoms with van der Waals surface area (Å²) in [5.74, 6) is 1.02. The number of benzene rings is 1. The van der Waals surface area contributed by atoms with E-state index in [1.165, 1.54) is 10.4 Å². The van der Waals surface area contributed by atoms with Gasteiger partial charge < -0.3 is 18.8 Å². The molecule has 1 aromatic carbocycles. The van der Waals surface area contributed by atoms with Gasteiger partial charge in [0.1, 0.15) is 0 Å². The molecule has 5 heterocycles. The van der Waals surface area contributed by atoms with Crippen molar-refractivity contribution in [2.24, 2.45) is 7.05 Å². The van der Waals surface area contributed by atoms with Crippen LogP contribution >= 0.6 is 11.3 Å². The molecule has 0 amide bonds. The molecule has 0 unspecified atom stereocenters. The third kappa shape index (κ3) is 3.26. The van der Waals surface area contributed by atoms with E-state index in [4.69, 9.17) is 9.72 Å². The van der Waals surface area contributed by atoms with Crippen molar-refractivity contribution in [2.75, 3.05) is 24.7 Å². The van der Waals surface area contributed by atoms with E-state index in [1.807, 2.05) is 24.4 Å². The molecule has 0 saturated carbocycles. The number of anilines is 1. The van der Waals surface area contributed by atoms with Gasteiger partial charge in [0.2, 0.25) is 0 Å². The second kappa shape index (κ2) is 7.44. The average Bonchev–Trinajstić information content (AvgIpc) is 3.52. The van der Waals surface area contributed by atoms with Crippen molar-refractivity contribution < 1.29 is 4.74 Å². The molecule has 0 radical (unpaired) electrons. The van der Waals surface area contributed by atoms with Gasteiger partial charge in [0, 0.05) is 55.0 Å². The Hall–Kier alpha value is -3.15. The van der Waals surface area contributed by atoms with Crippen molar-refractivity contribution in [3.63, 3.8) is 0 Å². The van der Waals surface area contributed by atoms with E-state index >= 15 is 0 Å². The second-order valence-electron chi connectivity index (χ2n) is 9.62. The molecule has 8 heteroatoms. The number of rotatable bonds is 3. The predicted octanol–water partition coefficient (Wildman–Crippen LogP) is 4.11. The molecule has 0 N–H and O–H groups in total. The SMILES string of the molecule is Cn1cc(C[C@H]2COCCN2c2nc3c(s2)-c2nccn2C(C)(C)C3)c2cc(C#N)ccc21. The number of hydrogen-bond acceptors (Lipinski definition) is 6. The predicted molar refractivity (Wildman–Crippen MR) is 130 cm³/mol. The van der Waals surface area contributed by atoms with Crippen molar-refractivity contribution in [2.45, 2.75) is 38.3 Å². The Balaban J connectivity index is 1.36. The Kier molecular flexibility index (Phi) is 4.61. The quantitative estimate of drug-likeness (QED) is 0.462. The number of nitrogens with zero attached hydrogens (tertiary/aromatic N) is 6. The first-order chi connectivity index (χ1) is 15.9. The number of imidazole rings is 1. The molecular weight excluding hydrogens is 432 g/mol. The van der Waals surface area contributed by atoms with Crippen LogP contribution in [0.25, 0.3) is 21.6 Å². The van der Waals surface area contributed by atoms with E-state index in [0.29, 0.717) is 18.8 Å². The van der Waals surface area contributed by atoms with Gasteiger partial charge in [0.15, 0.2) is 11.0 Å². The van der Waals surface area contributed by atoms with E-state index in [-0.39, 0.29) is 11.6 Å². The minimum absolute atomic E-state index is 0.0318. The maximum absolute atomic E-state index is 9.38. The topological polar surface area (TPSA) is 71.9 Å². The summed E-state index contributed by atoms with van der Waals surface area (Å²) in [7, 11) is 2.06. The molecule has 33 heavy (non-hydrogen) atoms. The van der Waals surface area contributed by atoms with Crippen LogP contribution in [0.15, 0.2) is 36.8 Å². The molecule has 0 bridgehead atoms. The van der Waals surface area contributed by atoms with Gasteiger partial charge in [-0.05, 0) is 44.0 Å². The number of hydrogen-bond donors (Lipinski definition) is 0. The smallest absolute Gasteiger partial charge is 0.186 e. The molecule has 2 aliphatic rings. The van der Waals surface area contributed by atoms with Crippen LogP contribution in [0.2, 0.25) is 0 Å². The Morgan fingerprint density at radius 3 is 3.06 bits per heavy atom. The van der Waals surface area contributed by atoms with Gasteiger partial charge in [0.25, 0.3) is 0 Å². The van der Waals surface area contributed by atoms with Gasteiger partial charge in [-0.3, -0.25) is 0 Å². The molecule has 1 saturated heterocycles. The molecule has 1 atom stereocenters. The lowest BCUT2D eigenvalue weighted by atomic mass is 9.94. The number of nitriles is 1. The van der Waals surface area contributed by atoms with Gasteiger partial charge in [0.05, 0.1) is 41.5 Å². The summed E-state index contributed by atoms with van der Waals surface area (Å²) in [5, 5.41) is 11.6. The summed E-state index contributed by atoms with van der Waals surface area (Å²) in [6.45, 7) is 6.68. The Bertz CT molecular complexity index is 1400. The van der Waals surface area contributed by atoms with Crippen LogP contribution in [-0.2, 0) is 30.2 Å². The molecule has 168 valence electrons. The summed E-state index contributed by atoms with van der Waals surface area (Å²) in [4.78, 5) is 13.4. The lowest BCUT2D eigenvalue weighted by Crippen LogP contribution is -2.46. The Morgan fingerprint density at radius 2 is 2.21 bits per heavy atom. The lowest BCUT2D eigenvalue weighted by Gasteiger charge is -2.35. The maximum atomic E-state index is 9.38. The zero-order valence-corrected chi connectivity index (χ0v) is 19.9. The van der Waals surface area contributed by atoms with Gasteiger partial charge in [-0.2, -0.15) is 5.26 Å². The van der Waals surface area contributed by atoms with E-state index in [0.717, 1.165) is 46.9 Å². The molecule has 2 aliphatic heterocycles. The number of ether oxygens (including phenoxy) is 1. The summed E-state index contributed by atoms with van der Waals surface area (Å²) >= 11 is 1.75. The highest BCUT2D eigenvalue weighted by atomic mass is 32.1. The zero-order valence-electron chi connectivity index (χ0n) is 19.1. The van der Waals surface area contributed by atoms with Crippen LogP contribution in [0.5, 0.6) is 0 Å². The lowest BCUT2D eigenvalue weighted by molar-refractivity contribution is 0.0941. The van der Waals surface area contributed by atoms with Crippen molar-refractivity contribution >= 4 is 27.4 Å². The minimum atomic E-state index is -0.0318. The fourth-order valence-corrected chi connectivity index (χ4v) is 6.42. The average molecular weight is 459 g/mol. The summed E-state index contributed by atoms with van der Waals surface area (Å²) in [6, 6.07) is 8.38. The first-order valence-corrected chi connectivity index (χ1v) is 12.1. The molecule has 7 nitrogen and oxygen atoms in total. The van der Waals surface area contributed by atoms with Gasteiger partial charge >= 0.3 is 0 Å². The van der Waals surface area contributed by atoms with Crippen LogP contribution < -0.4 is 4.90 Å². The van der Waals surface area contributed by atoms with Gasteiger partial charge in [-0.25, -0.2) is 9.97 Å². The van der Waals surface area contributed by atoms with Crippen LogP contribution in [-0.4, -0.2) is 44.9 Å². The number of aryl methyl sites for hydroxylation is 1. The molecule has 6 rings (SSSR count). The fraction of sp³-hybridized carbons (Fsp3) is 0.400. The van der Waals surface area contributed by atoms with Gasteiger partial charge in [-0.15, -0.1) is 0 Å². The molecule has 0 aliphatic carbocycles. The first-order valence-electron chi connectivity index (χ1n) is 11.3. The van der Waals surface area contributed by atoms with Crippen molar-refractivity contribution in [1.29, 1.82) is 5.26 Å². The molecular formula is C25H26N6OS. The van der Waals surface area contributed by atoms with Crippen molar-refractivity contribution in [1.82, 2.24) is 19.1 Å². The molecule has 0 spiro atoms. The third-order valence-electron chi connectivity index (χ3n) is 6.91. The Morgan fingerprint density at radius 1 is 1.33 bits per heavy atom. The summed E-state index contributed by atoms with van der Waals surface area (Å²) in [6.07, 6.45) is 7.89. The minimum Gasteiger partial charge on any atom is -0.377 e. The molecule has 3 aromatic heterocycles. The maximum Gasteiger partial charge on any atom is 0.186 e. The summed E-state index contributed by atoms with van der Waals surface area (Å²) in [5.41, 5.74) is 4.19. The van der Waals surface area contributed by atoms with E-state index < -0.39 is 0 Å². The van der Waals surface area contributed by atoms with Crippen LogP contribution in [0, 0.1) is 11.3 Å². The molecule has 4 aromatic rings. The first kappa shape index (κ1) is 20.5. The highest BCUT2D eigenvalue weighted by Crippen LogP contribution is 2.43. The Labute approximate surface area is 196 Å². The number of morpholine rings is 1. The van der Waals surface area contributed by atoms with Crippen LogP contribution in [0.3, 0.4) is 0 Å². The van der Waals surface area contributed by atoms with Crippen LogP contribution in [0.4, 0.5) is 5.13 Å². The highest BCUT2D eigenvalue weighted by Gasteiger charge is 2.35. The third-order valence-corrected chi connectivity index (χ3v) is 8.04. The van der Waals surface area contributed by atoms with E-state index in [9.17, 15) is 5.26 Å². The van der Waals surface area contributed by atoms with E-state index in [2.05, 4.69) is 58.4 Å². The second-order valence-corrected chi connectivity index (χ2v) is 10.6. The van der Waals surface area contributed by atoms with Crippen LogP contribution in [0.1, 0.15) is 30.7 Å². The largest absolute Gasteiger partial charge is 0.377 e. The number of aromatic nitrogens is 4. The van der Waals surface area contributed by atoms with Gasteiger partial charge in [-0.1, -0.05) is 11.3 Å².